The van der Waals surface area contributed by atoms with E-state index in [9.17, 15) is 4.79 Å². The number of carbonyl (C=O) groups excluding carboxylic acids is 1. The summed E-state index contributed by atoms with van der Waals surface area (Å²) in [5.41, 5.74) is 6.66. The first-order valence-electron chi connectivity index (χ1n) is 6.65. The molecule has 19 heavy (non-hydrogen) atoms. The van der Waals surface area contributed by atoms with Crippen LogP contribution in [0.15, 0.2) is 28.7 Å². The fraction of sp³-hybridized carbons (Fsp3) is 0.533. The molecule has 3 N–H and O–H groups in total. The Hall–Kier alpha value is -0.870. The van der Waals surface area contributed by atoms with Gasteiger partial charge in [0.25, 0.3) is 0 Å². The van der Waals surface area contributed by atoms with Crippen molar-refractivity contribution in [3.05, 3.63) is 34.3 Å². The number of halogens is 1. The van der Waals surface area contributed by atoms with E-state index >= 15 is 0 Å². The van der Waals surface area contributed by atoms with Crippen LogP contribution < -0.4 is 11.1 Å². The van der Waals surface area contributed by atoms with Crippen LogP contribution in [0.4, 0.5) is 0 Å². The van der Waals surface area contributed by atoms with Crippen LogP contribution in [0, 0.1) is 5.92 Å². The summed E-state index contributed by atoms with van der Waals surface area (Å²) in [7, 11) is 0. The van der Waals surface area contributed by atoms with Gasteiger partial charge in [0, 0.05) is 28.9 Å². The van der Waals surface area contributed by atoms with Crippen molar-refractivity contribution < 1.29 is 4.79 Å². The molecule has 1 atom stereocenters. The maximum Gasteiger partial charge on any atom is 0.224 e. The van der Waals surface area contributed by atoms with Gasteiger partial charge in [-0.2, -0.15) is 0 Å². The van der Waals surface area contributed by atoms with E-state index in [0.29, 0.717) is 13.1 Å². The van der Waals surface area contributed by atoms with E-state index in [4.69, 9.17) is 5.73 Å². The molecular formula is C15H23BrN2O. The third kappa shape index (κ3) is 4.32. The van der Waals surface area contributed by atoms with Gasteiger partial charge in [-0.15, -0.1) is 0 Å². The van der Waals surface area contributed by atoms with Crippen LogP contribution in [0.1, 0.15) is 32.8 Å². The number of rotatable bonds is 6. The summed E-state index contributed by atoms with van der Waals surface area (Å²) in [6.45, 7) is 7.23. The summed E-state index contributed by atoms with van der Waals surface area (Å²) in [5, 5.41) is 3.01. The predicted octanol–water partition coefficient (Wildman–Crippen LogP) is 2.83. The molecule has 0 heterocycles. The van der Waals surface area contributed by atoms with Gasteiger partial charge < -0.3 is 11.1 Å². The minimum Gasteiger partial charge on any atom is -0.355 e. The zero-order chi connectivity index (χ0) is 14.5. The van der Waals surface area contributed by atoms with E-state index in [0.717, 1.165) is 10.9 Å². The first-order chi connectivity index (χ1) is 8.92. The zero-order valence-corrected chi connectivity index (χ0v) is 13.5. The van der Waals surface area contributed by atoms with Crippen LogP contribution in [0.3, 0.4) is 0 Å². The van der Waals surface area contributed by atoms with Gasteiger partial charge in [-0.1, -0.05) is 54.9 Å². The van der Waals surface area contributed by atoms with Crippen molar-refractivity contribution >= 4 is 21.8 Å². The molecule has 1 aromatic carbocycles. The van der Waals surface area contributed by atoms with Crippen molar-refractivity contribution in [2.45, 2.75) is 32.6 Å². The van der Waals surface area contributed by atoms with Crippen LogP contribution in [0.25, 0.3) is 0 Å². The van der Waals surface area contributed by atoms with Crippen molar-refractivity contribution in [1.82, 2.24) is 5.32 Å². The van der Waals surface area contributed by atoms with Gasteiger partial charge in [0.2, 0.25) is 5.91 Å². The van der Waals surface area contributed by atoms with Crippen LogP contribution in [0.5, 0.6) is 0 Å². The fourth-order valence-electron chi connectivity index (χ4n) is 2.02. The lowest BCUT2D eigenvalue weighted by molar-refractivity contribution is -0.125. The third-order valence-electron chi connectivity index (χ3n) is 3.46. The summed E-state index contributed by atoms with van der Waals surface area (Å²) in [6, 6.07) is 8.10. The number of hydrogen-bond acceptors (Lipinski definition) is 2. The summed E-state index contributed by atoms with van der Waals surface area (Å²) in [4.78, 5) is 12.0. The second-order valence-corrected chi connectivity index (χ2v) is 6.28. The van der Waals surface area contributed by atoms with Crippen LogP contribution in [-0.4, -0.2) is 19.0 Å². The number of benzene rings is 1. The SMILES string of the molecule is CCC(CN)C(=O)NCC(C)(C)c1ccccc1Br. The molecule has 0 spiro atoms. The monoisotopic (exact) mass is 326 g/mol. The van der Waals surface area contributed by atoms with Gasteiger partial charge >= 0.3 is 0 Å². The highest BCUT2D eigenvalue weighted by atomic mass is 79.9. The molecule has 0 saturated carbocycles. The number of carbonyl (C=O) groups is 1. The molecule has 0 radical (unpaired) electrons. The Balaban J connectivity index is 2.71. The molecule has 4 heteroatoms. The smallest absolute Gasteiger partial charge is 0.224 e. The first kappa shape index (κ1) is 16.2. The van der Waals surface area contributed by atoms with E-state index in [-0.39, 0.29) is 17.2 Å². The lowest BCUT2D eigenvalue weighted by Gasteiger charge is -2.27. The van der Waals surface area contributed by atoms with Crippen LogP contribution in [-0.2, 0) is 10.2 Å². The van der Waals surface area contributed by atoms with Gasteiger partial charge in [0.1, 0.15) is 0 Å². The molecule has 1 amide bonds. The second kappa shape index (κ2) is 7.06. The minimum absolute atomic E-state index is 0.0464. The molecule has 0 aliphatic rings. The maximum atomic E-state index is 12.0. The first-order valence-corrected chi connectivity index (χ1v) is 7.44. The van der Waals surface area contributed by atoms with Crippen molar-refractivity contribution in [3.63, 3.8) is 0 Å². The van der Waals surface area contributed by atoms with Crippen molar-refractivity contribution in [2.24, 2.45) is 11.7 Å². The Morgan fingerprint density at radius 2 is 2.05 bits per heavy atom. The van der Waals surface area contributed by atoms with Gasteiger partial charge in [-0.25, -0.2) is 0 Å². The summed E-state index contributed by atoms with van der Waals surface area (Å²) in [6.07, 6.45) is 0.776. The Bertz CT molecular complexity index is 428. The number of nitrogens with one attached hydrogen (secondary N) is 1. The van der Waals surface area contributed by atoms with E-state index < -0.39 is 0 Å². The zero-order valence-electron chi connectivity index (χ0n) is 11.9. The number of amides is 1. The van der Waals surface area contributed by atoms with Gasteiger partial charge in [0.15, 0.2) is 0 Å². The molecule has 1 unspecified atom stereocenters. The Kier molecular flexibility index (Phi) is 6.01. The highest BCUT2D eigenvalue weighted by molar-refractivity contribution is 9.10. The van der Waals surface area contributed by atoms with E-state index in [1.165, 1.54) is 5.56 Å². The highest BCUT2D eigenvalue weighted by Gasteiger charge is 2.24. The van der Waals surface area contributed by atoms with Gasteiger partial charge in [0.05, 0.1) is 0 Å². The van der Waals surface area contributed by atoms with Crippen molar-refractivity contribution in [3.8, 4) is 0 Å². The minimum atomic E-state index is -0.122. The van der Waals surface area contributed by atoms with Gasteiger partial charge in [-0.3, -0.25) is 4.79 Å². The van der Waals surface area contributed by atoms with Gasteiger partial charge in [-0.05, 0) is 18.1 Å². The second-order valence-electron chi connectivity index (χ2n) is 5.42. The molecule has 0 aliphatic carbocycles. The van der Waals surface area contributed by atoms with E-state index in [1.807, 2.05) is 25.1 Å². The quantitative estimate of drug-likeness (QED) is 0.844. The molecule has 0 aromatic heterocycles. The largest absolute Gasteiger partial charge is 0.355 e. The normalized spacial score (nSPS) is 13.1. The maximum absolute atomic E-state index is 12.0. The average Bonchev–Trinajstić information content (AvgIpc) is 2.38. The Morgan fingerprint density at radius 3 is 2.58 bits per heavy atom. The standard InChI is InChI=1S/C15H23BrN2O/c1-4-11(9-17)14(19)18-10-15(2,3)12-7-5-6-8-13(12)16/h5-8,11H,4,9-10,17H2,1-3H3,(H,18,19). The molecule has 0 fully saturated rings. The fourth-order valence-corrected chi connectivity index (χ4v) is 2.84. The average molecular weight is 327 g/mol. The molecule has 1 rings (SSSR count). The molecule has 1 aromatic rings. The predicted molar refractivity (Wildman–Crippen MR) is 83.0 cm³/mol. The molecular weight excluding hydrogens is 304 g/mol. The molecule has 0 aliphatic heterocycles. The summed E-state index contributed by atoms with van der Waals surface area (Å²) in [5.74, 6) is -0.0415. The third-order valence-corrected chi connectivity index (χ3v) is 4.15. The number of hydrogen-bond donors (Lipinski definition) is 2. The molecule has 3 nitrogen and oxygen atoms in total. The number of nitrogens with two attached hydrogens (primary N) is 1. The molecule has 0 saturated heterocycles. The summed E-state index contributed by atoms with van der Waals surface area (Å²) < 4.78 is 1.07. The van der Waals surface area contributed by atoms with Crippen molar-refractivity contribution in [2.75, 3.05) is 13.1 Å². The lowest BCUT2D eigenvalue weighted by Crippen LogP contribution is -2.41. The highest BCUT2D eigenvalue weighted by Crippen LogP contribution is 2.29. The molecule has 0 bridgehead atoms. The van der Waals surface area contributed by atoms with Crippen molar-refractivity contribution in [1.29, 1.82) is 0 Å². The van der Waals surface area contributed by atoms with Crippen LogP contribution >= 0.6 is 15.9 Å². The Labute approximate surface area is 124 Å². The van der Waals surface area contributed by atoms with E-state index in [2.05, 4.69) is 41.2 Å². The molecule has 106 valence electrons. The lowest BCUT2D eigenvalue weighted by atomic mass is 9.84. The van der Waals surface area contributed by atoms with E-state index in [1.54, 1.807) is 0 Å². The topological polar surface area (TPSA) is 55.1 Å². The Morgan fingerprint density at radius 1 is 1.42 bits per heavy atom. The van der Waals surface area contributed by atoms with Crippen LogP contribution in [0.2, 0.25) is 0 Å². The summed E-state index contributed by atoms with van der Waals surface area (Å²) >= 11 is 3.56.